The monoisotopic (exact) mass is 400 g/mol. The van der Waals surface area contributed by atoms with Gasteiger partial charge in [0.1, 0.15) is 29.0 Å². The van der Waals surface area contributed by atoms with Crippen molar-refractivity contribution < 1.29 is 9.13 Å². The molecule has 5 rings (SSSR count). The lowest BCUT2D eigenvalue weighted by Crippen LogP contribution is -1.99. The number of nitrogens with zero attached hydrogens (tertiary/aromatic N) is 5. The van der Waals surface area contributed by atoms with Crippen LogP contribution in [0.5, 0.6) is 11.5 Å². The molecule has 5 aromatic rings. The van der Waals surface area contributed by atoms with Gasteiger partial charge < -0.3 is 10.1 Å². The SMILES string of the molecule is Cc1ccc2ncc(F)c(Nc3ccc(Oc4ccn5ncnc5c4)c(C)c3)c2n1. The number of aryl methyl sites for hydroxylation is 2. The Kier molecular flexibility index (Phi) is 4.24. The molecule has 4 aromatic heterocycles. The van der Waals surface area contributed by atoms with Crippen LogP contribution in [0.1, 0.15) is 11.3 Å². The largest absolute Gasteiger partial charge is 0.457 e. The number of ether oxygens (including phenoxy) is 1. The number of pyridine rings is 3. The van der Waals surface area contributed by atoms with E-state index in [0.717, 1.165) is 16.9 Å². The Morgan fingerprint density at radius 3 is 2.80 bits per heavy atom. The van der Waals surface area contributed by atoms with Crippen molar-refractivity contribution in [2.75, 3.05) is 5.32 Å². The molecule has 0 unspecified atom stereocenters. The third-order valence-electron chi connectivity index (χ3n) is 4.73. The molecule has 0 spiro atoms. The van der Waals surface area contributed by atoms with E-state index < -0.39 is 5.82 Å². The van der Waals surface area contributed by atoms with Crippen LogP contribution in [-0.4, -0.2) is 24.6 Å². The number of nitrogens with one attached hydrogen (secondary N) is 1. The lowest BCUT2D eigenvalue weighted by Gasteiger charge is -2.13. The Bertz CT molecular complexity index is 1390. The van der Waals surface area contributed by atoms with E-state index in [1.807, 2.05) is 56.3 Å². The van der Waals surface area contributed by atoms with Gasteiger partial charge in [-0.1, -0.05) is 0 Å². The second kappa shape index (κ2) is 7.07. The van der Waals surface area contributed by atoms with Gasteiger partial charge in [-0.25, -0.2) is 18.9 Å². The molecule has 0 saturated heterocycles. The van der Waals surface area contributed by atoms with Crippen LogP contribution < -0.4 is 10.1 Å². The summed E-state index contributed by atoms with van der Waals surface area (Å²) < 4.78 is 22.2. The number of halogens is 1. The Labute approximate surface area is 171 Å². The number of aromatic nitrogens is 5. The van der Waals surface area contributed by atoms with Gasteiger partial charge in [-0.15, -0.1) is 0 Å². The van der Waals surface area contributed by atoms with Gasteiger partial charge in [0.2, 0.25) is 0 Å². The predicted molar refractivity (Wildman–Crippen MR) is 112 cm³/mol. The molecule has 8 heteroatoms. The molecule has 0 atom stereocenters. The number of rotatable bonds is 4. The molecule has 1 aromatic carbocycles. The molecule has 0 radical (unpaired) electrons. The predicted octanol–water partition coefficient (Wildman–Crippen LogP) is 4.96. The van der Waals surface area contributed by atoms with Crippen molar-refractivity contribution in [1.82, 2.24) is 24.6 Å². The highest BCUT2D eigenvalue weighted by Crippen LogP contribution is 2.31. The average Bonchev–Trinajstić information content (AvgIpc) is 3.20. The summed E-state index contributed by atoms with van der Waals surface area (Å²) in [6.45, 7) is 3.79. The van der Waals surface area contributed by atoms with Crippen molar-refractivity contribution >= 4 is 28.1 Å². The average molecular weight is 400 g/mol. The Hall–Kier alpha value is -4.07. The maximum atomic E-state index is 14.5. The fraction of sp³-hybridized carbons (Fsp3) is 0.0909. The zero-order chi connectivity index (χ0) is 20.7. The van der Waals surface area contributed by atoms with Crippen LogP contribution in [0.2, 0.25) is 0 Å². The quantitative estimate of drug-likeness (QED) is 0.459. The molecule has 0 aliphatic heterocycles. The molecule has 30 heavy (non-hydrogen) atoms. The highest BCUT2D eigenvalue weighted by Gasteiger charge is 2.12. The van der Waals surface area contributed by atoms with Crippen LogP contribution in [0.3, 0.4) is 0 Å². The van der Waals surface area contributed by atoms with Crippen LogP contribution >= 0.6 is 0 Å². The van der Waals surface area contributed by atoms with E-state index >= 15 is 0 Å². The number of anilines is 2. The molecular formula is C22H17FN6O. The van der Waals surface area contributed by atoms with E-state index in [9.17, 15) is 4.39 Å². The van der Waals surface area contributed by atoms with Crippen molar-refractivity contribution in [1.29, 1.82) is 0 Å². The number of benzene rings is 1. The normalized spacial score (nSPS) is 11.2. The first-order valence-electron chi connectivity index (χ1n) is 9.33. The lowest BCUT2D eigenvalue weighted by molar-refractivity contribution is 0.478. The Balaban J connectivity index is 1.44. The summed E-state index contributed by atoms with van der Waals surface area (Å²) >= 11 is 0. The van der Waals surface area contributed by atoms with E-state index in [1.54, 1.807) is 10.7 Å². The van der Waals surface area contributed by atoms with Gasteiger partial charge in [-0.2, -0.15) is 5.10 Å². The molecule has 0 fully saturated rings. The van der Waals surface area contributed by atoms with E-state index in [2.05, 4.69) is 25.4 Å². The third-order valence-corrected chi connectivity index (χ3v) is 4.73. The molecule has 148 valence electrons. The van der Waals surface area contributed by atoms with Gasteiger partial charge in [-0.3, -0.25) is 4.98 Å². The van der Waals surface area contributed by atoms with E-state index in [1.165, 1.54) is 12.5 Å². The smallest absolute Gasteiger partial charge is 0.167 e. The summed E-state index contributed by atoms with van der Waals surface area (Å²) in [7, 11) is 0. The minimum Gasteiger partial charge on any atom is -0.457 e. The zero-order valence-electron chi connectivity index (χ0n) is 16.3. The Morgan fingerprint density at radius 1 is 1.03 bits per heavy atom. The van der Waals surface area contributed by atoms with Crippen LogP contribution in [0, 0.1) is 19.7 Å². The Morgan fingerprint density at radius 2 is 1.93 bits per heavy atom. The fourth-order valence-electron chi connectivity index (χ4n) is 3.23. The number of hydrogen-bond acceptors (Lipinski definition) is 6. The first-order valence-corrected chi connectivity index (χ1v) is 9.33. The van der Waals surface area contributed by atoms with E-state index in [4.69, 9.17) is 4.74 Å². The van der Waals surface area contributed by atoms with Gasteiger partial charge >= 0.3 is 0 Å². The van der Waals surface area contributed by atoms with Gasteiger partial charge in [0.15, 0.2) is 11.5 Å². The minimum absolute atomic E-state index is 0.300. The van der Waals surface area contributed by atoms with Crippen LogP contribution in [0.15, 0.2) is 61.2 Å². The topological polar surface area (TPSA) is 77.2 Å². The summed E-state index contributed by atoms with van der Waals surface area (Å²) in [6, 6.07) is 12.9. The highest BCUT2D eigenvalue weighted by molar-refractivity contribution is 5.89. The van der Waals surface area contributed by atoms with E-state index in [0.29, 0.717) is 33.9 Å². The first kappa shape index (κ1) is 18.0. The van der Waals surface area contributed by atoms with Crippen molar-refractivity contribution in [3.05, 3.63) is 78.3 Å². The van der Waals surface area contributed by atoms with Crippen molar-refractivity contribution in [3.8, 4) is 11.5 Å². The summed E-state index contributed by atoms with van der Waals surface area (Å²) in [5.74, 6) is 0.892. The third kappa shape index (κ3) is 3.28. The van der Waals surface area contributed by atoms with Crippen molar-refractivity contribution in [3.63, 3.8) is 0 Å². The maximum Gasteiger partial charge on any atom is 0.167 e. The zero-order valence-corrected chi connectivity index (χ0v) is 16.3. The van der Waals surface area contributed by atoms with Gasteiger partial charge in [0.05, 0.1) is 11.7 Å². The number of hydrogen-bond donors (Lipinski definition) is 1. The van der Waals surface area contributed by atoms with Crippen LogP contribution in [-0.2, 0) is 0 Å². The standard InChI is InChI=1S/C22H17FN6O/c1-13-9-15(28-21-17(23)11-24-18-5-3-14(2)27-22(18)21)4-6-19(13)30-16-7-8-29-20(10-16)25-12-26-29/h3-12H,1-2H3,(H,24,28). The summed E-state index contributed by atoms with van der Waals surface area (Å²) in [4.78, 5) is 12.7. The molecule has 0 aliphatic carbocycles. The van der Waals surface area contributed by atoms with Crippen molar-refractivity contribution in [2.24, 2.45) is 0 Å². The minimum atomic E-state index is -0.458. The molecule has 0 saturated carbocycles. The van der Waals surface area contributed by atoms with Crippen LogP contribution in [0.25, 0.3) is 16.7 Å². The fourth-order valence-corrected chi connectivity index (χ4v) is 3.23. The molecule has 0 amide bonds. The highest BCUT2D eigenvalue weighted by atomic mass is 19.1. The first-order chi connectivity index (χ1) is 14.6. The van der Waals surface area contributed by atoms with Gasteiger partial charge in [0.25, 0.3) is 0 Å². The molecule has 4 heterocycles. The molecule has 0 aliphatic rings. The summed E-state index contributed by atoms with van der Waals surface area (Å²) in [5, 5.41) is 7.21. The summed E-state index contributed by atoms with van der Waals surface area (Å²) in [5.41, 5.74) is 4.54. The van der Waals surface area contributed by atoms with Gasteiger partial charge in [0, 0.05) is 23.6 Å². The molecule has 7 nitrogen and oxygen atoms in total. The maximum absolute atomic E-state index is 14.5. The van der Waals surface area contributed by atoms with Gasteiger partial charge in [-0.05, 0) is 55.8 Å². The summed E-state index contributed by atoms with van der Waals surface area (Å²) in [6.07, 6.45) is 4.48. The number of fused-ring (bicyclic) bond motifs is 2. The van der Waals surface area contributed by atoms with Crippen LogP contribution in [0.4, 0.5) is 15.8 Å². The molecule has 0 bridgehead atoms. The molecule has 1 N–H and O–H groups in total. The molecular weight excluding hydrogens is 383 g/mol. The second-order valence-corrected chi connectivity index (χ2v) is 6.93. The van der Waals surface area contributed by atoms with E-state index in [-0.39, 0.29) is 0 Å². The second-order valence-electron chi connectivity index (χ2n) is 6.93. The van der Waals surface area contributed by atoms with Crippen molar-refractivity contribution in [2.45, 2.75) is 13.8 Å². The lowest BCUT2D eigenvalue weighted by atomic mass is 10.2.